The summed E-state index contributed by atoms with van der Waals surface area (Å²) in [4.78, 5) is 12.5. The van der Waals surface area contributed by atoms with Crippen LogP contribution in [0.25, 0.3) is 0 Å². The zero-order valence-electron chi connectivity index (χ0n) is 6.72. The first kappa shape index (κ1) is 7.38. The van der Waals surface area contributed by atoms with Crippen LogP contribution in [0.1, 0.15) is 13.3 Å². The van der Waals surface area contributed by atoms with Crippen LogP contribution in [0.2, 0.25) is 0 Å². The maximum Gasteiger partial charge on any atom is 0.317 e. The molecule has 1 rings (SSSR count). The van der Waals surface area contributed by atoms with E-state index in [0.717, 1.165) is 6.42 Å². The summed E-state index contributed by atoms with van der Waals surface area (Å²) in [6.45, 7) is 2.14. The van der Waals surface area contributed by atoms with Crippen LogP contribution in [0, 0.1) is 5.92 Å². The van der Waals surface area contributed by atoms with Crippen molar-refractivity contribution in [1.82, 2.24) is 10.2 Å². The number of nitrogens with zero attached hydrogens (tertiary/aromatic N) is 1. The Kier molecular flexibility index (Phi) is 1.83. The zero-order valence-corrected chi connectivity index (χ0v) is 6.72. The van der Waals surface area contributed by atoms with Crippen LogP contribution in [0.5, 0.6) is 0 Å². The molecule has 2 amide bonds. The minimum absolute atomic E-state index is 0.0225. The fourth-order valence-electron chi connectivity index (χ4n) is 0.811. The Balaban J connectivity index is 2.20. The first-order valence-corrected chi connectivity index (χ1v) is 3.59. The fourth-order valence-corrected chi connectivity index (χ4v) is 0.811. The molecule has 10 heavy (non-hydrogen) atoms. The van der Waals surface area contributed by atoms with E-state index in [-0.39, 0.29) is 6.03 Å². The van der Waals surface area contributed by atoms with E-state index >= 15 is 0 Å². The standard InChI is InChI=1S/C7H14N2O/c1-5-4-6(5)8-7(10)9(2)3/h5-6H,4H2,1-3H3,(H,8,10)/t5-,6-/m1/s1. The van der Waals surface area contributed by atoms with Gasteiger partial charge >= 0.3 is 6.03 Å². The molecule has 0 radical (unpaired) electrons. The number of rotatable bonds is 1. The smallest absolute Gasteiger partial charge is 0.317 e. The van der Waals surface area contributed by atoms with E-state index in [9.17, 15) is 4.79 Å². The van der Waals surface area contributed by atoms with Gasteiger partial charge in [0.2, 0.25) is 0 Å². The van der Waals surface area contributed by atoms with Crippen molar-refractivity contribution < 1.29 is 4.79 Å². The molecule has 0 saturated heterocycles. The average molecular weight is 142 g/mol. The SMILES string of the molecule is C[C@@H]1C[C@H]1NC(=O)N(C)C. The van der Waals surface area contributed by atoms with Crippen molar-refractivity contribution in [3.05, 3.63) is 0 Å². The van der Waals surface area contributed by atoms with Gasteiger partial charge in [-0.1, -0.05) is 6.92 Å². The first-order valence-electron chi connectivity index (χ1n) is 3.59. The van der Waals surface area contributed by atoms with E-state index in [1.807, 2.05) is 0 Å². The highest BCUT2D eigenvalue weighted by Gasteiger charge is 2.33. The topological polar surface area (TPSA) is 32.3 Å². The van der Waals surface area contributed by atoms with E-state index in [2.05, 4.69) is 12.2 Å². The molecule has 1 saturated carbocycles. The Morgan fingerprint density at radius 2 is 2.10 bits per heavy atom. The van der Waals surface area contributed by atoms with Gasteiger partial charge in [0.05, 0.1) is 0 Å². The van der Waals surface area contributed by atoms with Crippen LogP contribution < -0.4 is 5.32 Å². The lowest BCUT2D eigenvalue weighted by atomic mass is 10.5. The molecule has 2 atom stereocenters. The number of amides is 2. The summed E-state index contributed by atoms with van der Waals surface area (Å²) in [7, 11) is 3.50. The maximum atomic E-state index is 11.0. The van der Waals surface area contributed by atoms with Gasteiger partial charge in [-0.2, -0.15) is 0 Å². The zero-order chi connectivity index (χ0) is 7.72. The van der Waals surface area contributed by atoms with Gasteiger partial charge < -0.3 is 10.2 Å². The fraction of sp³-hybridized carbons (Fsp3) is 0.857. The van der Waals surface area contributed by atoms with E-state index < -0.39 is 0 Å². The van der Waals surface area contributed by atoms with Crippen LogP contribution >= 0.6 is 0 Å². The highest BCUT2D eigenvalue weighted by Crippen LogP contribution is 2.28. The van der Waals surface area contributed by atoms with Gasteiger partial charge in [0.25, 0.3) is 0 Å². The van der Waals surface area contributed by atoms with Gasteiger partial charge in [-0.15, -0.1) is 0 Å². The molecule has 58 valence electrons. The number of urea groups is 1. The Bertz CT molecular complexity index is 145. The van der Waals surface area contributed by atoms with Gasteiger partial charge in [0.15, 0.2) is 0 Å². The minimum Gasteiger partial charge on any atom is -0.335 e. The molecule has 0 spiro atoms. The van der Waals surface area contributed by atoms with Crippen molar-refractivity contribution in [2.75, 3.05) is 14.1 Å². The van der Waals surface area contributed by atoms with Crippen molar-refractivity contribution in [1.29, 1.82) is 0 Å². The Morgan fingerprint density at radius 3 is 2.40 bits per heavy atom. The Labute approximate surface area is 61.4 Å². The number of hydrogen-bond donors (Lipinski definition) is 1. The minimum atomic E-state index is 0.0225. The normalized spacial score (nSPS) is 29.5. The third-order valence-electron chi connectivity index (χ3n) is 1.82. The second kappa shape index (κ2) is 2.48. The summed E-state index contributed by atoms with van der Waals surface area (Å²) in [5.41, 5.74) is 0. The highest BCUT2D eigenvalue weighted by molar-refractivity contribution is 5.74. The number of nitrogens with one attached hydrogen (secondary N) is 1. The first-order chi connectivity index (χ1) is 4.61. The summed E-state index contributed by atoms with van der Waals surface area (Å²) in [5.74, 6) is 0.684. The highest BCUT2D eigenvalue weighted by atomic mass is 16.2. The predicted octanol–water partition coefficient (Wildman–Crippen LogP) is 0.666. The summed E-state index contributed by atoms with van der Waals surface area (Å²) in [6.07, 6.45) is 1.14. The molecule has 1 N–H and O–H groups in total. The lowest BCUT2D eigenvalue weighted by Gasteiger charge is -2.10. The van der Waals surface area contributed by atoms with E-state index in [4.69, 9.17) is 0 Å². The summed E-state index contributed by atoms with van der Waals surface area (Å²) in [6, 6.07) is 0.462. The van der Waals surface area contributed by atoms with Gasteiger partial charge in [0.1, 0.15) is 0 Å². The van der Waals surface area contributed by atoms with E-state index in [0.29, 0.717) is 12.0 Å². The molecule has 3 nitrogen and oxygen atoms in total. The second-order valence-electron chi connectivity index (χ2n) is 3.16. The molecule has 1 fully saturated rings. The largest absolute Gasteiger partial charge is 0.335 e. The van der Waals surface area contributed by atoms with Gasteiger partial charge in [-0.25, -0.2) is 4.79 Å². The molecule has 0 aromatic rings. The predicted molar refractivity (Wildman–Crippen MR) is 39.8 cm³/mol. The molecule has 1 aliphatic rings. The lowest BCUT2D eigenvalue weighted by molar-refractivity contribution is 0.216. The molecule has 0 unspecified atom stereocenters. The molecular formula is C7H14N2O. The molecule has 0 bridgehead atoms. The van der Waals surface area contributed by atoms with Crippen molar-refractivity contribution in [2.24, 2.45) is 5.92 Å². The summed E-state index contributed by atoms with van der Waals surface area (Å²) >= 11 is 0. The molecule has 0 heterocycles. The van der Waals surface area contributed by atoms with Crippen molar-refractivity contribution in [3.63, 3.8) is 0 Å². The number of hydrogen-bond acceptors (Lipinski definition) is 1. The van der Waals surface area contributed by atoms with Crippen LogP contribution in [0.15, 0.2) is 0 Å². The van der Waals surface area contributed by atoms with Crippen molar-refractivity contribution in [3.8, 4) is 0 Å². The maximum absolute atomic E-state index is 11.0. The third-order valence-corrected chi connectivity index (χ3v) is 1.82. The number of carbonyl (C=O) groups is 1. The van der Waals surface area contributed by atoms with Crippen molar-refractivity contribution in [2.45, 2.75) is 19.4 Å². The Hall–Kier alpha value is -0.730. The average Bonchev–Trinajstić information content (AvgIpc) is 2.46. The van der Waals surface area contributed by atoms with Gasteiger partial charge in [-0.05, 0) is 12.3 Å². The third kappa shape index (κ3) is 1.62. The van der Waals surface area contributed by atoms with Gasteiger partial charge in [-0.3, -0.25) is 0 Å². The molecule has 0 aromatic carbocycles. The van der Waals surface area contributed by atoms with Crippen LogP contribution in [-0.4, -0.2) is 31.1 Å². The quantitative estimate of drug-likeness (QED) is 0.573. The lowest BCUT2D eigenvalue weighted by Crippen LogP contribution is -2.36. The van der Waals surface area contributed by atoms with E-state index in [1.54, 1.807) is 19.0 Å². The molecule has 0 aromatic heterocycles. The molecular weight excluding hydrogens is 128 g/mol. The number of carbonyl (C=O) groups excluding carboxylic acids is 1. The summed E-state index contributed by atoms with van der Waals surface area (Å²) < 4.78 is 0. The monoisotopic (exact) mass is 142 g/mol. The van der Waals surface area contributed by atoms with Crippen LogP contribution in [0.4, 0.5) is 4.79 Å². The van der Waals surface area contributed by atoms with Crippen molar-refractivity contribution >= 4 is 6.03 Å². The van der Waals surface area contributed by atoms with Gasteiger partial charge in [0, 0.05) is 20.1 Å². The second-order valence-corrected chi connectivity index (χ2v) is 3.16. The van der Waals surface area contributed by atoms with E-state index in [1.165, 1.54) is 0 Å². The Morgan fingerprint density at radius 1 is 1.60 bits per heavy atom. The molecule has 0 aliphatic heterocycles. The molecule has 3 heteroatoms. The summed E-state index contributed by atoms with van der Waals surface area (Å²) in [5, 5.41) is 2.89. The van der Waals surface area contributed by atoms with Crippen LogP contribution in [-0.2, 0) is 0 Å². The molecule has 1 aliphatic carbocycles. The van der Waals surface area contributed by atoms with Crippen LogP contribution in [0.3, 0.4) is 0 Å².